The second kappa shape index (κ2) is 5.48. The van der Waals surface area contributed by atoms with Gasteiger partial charge in [0, 0.05) is 0 Å². The molecule has 0 bridgehead atoms. The van der Waals surface area contributed by atoms with Gasteiger partial charge in [0.05, 0.1) is 18.8 Å². The number of aryl methyl sites for hydroxylation is 1. The van der Waals surface area contributed by atoms with Gasteiger partial charge in [0.1, 0.15) is 5.75 Å². The van der Waals surface area contributed by atoms with E-state index in [9.17, 15) is 9.90 Å². The largest absolute Gasteiger partial charge is 0.496 e. The number of hydrogen-bond acceptors (Lipinski definition) is 3. The molecule has 0 saturated heterocycles. The number of methoxy groups -OCH3 is 1. The van der Waals surface area contributed by atoms with Crippen LogP contribution in [-0.2, 0) is 6.42 Å². The third-order valence-electron chi connectivity index (χ3n) is 7.26. The normalized spacial score (nSPS) is 37.3. The first-order chi connectivity index (χ1) is 11.5. The van der Waals surface area contributed by atoms with Gasteiger partial charge in [0.15, 0.2) is 0 Å². The number of primary amides is 1. The highest BCUT2D eigenvalue weighted by molar-refractivity contribution is 5.96. The molecular formula is C20H27NO3. The lowest BCUT2D eigenvalue weighted by Gasteiger charge is -2.50. The predicted molar refractivity (Wildman–Crippen MR) is 92.1 cm³/mol. The average Bonchev–Trinajstić information content (AvgIpc) is 2.88. The third kappa shape index (κ3) is 2.12. The van der Waals surface area contributed by atoms with Crippen molar-refractivity contribution in [2.45, 2.75) is 57.5 Å². The van der Waals surface area contributed by atoms with E-state index in [4.69, 9.17) is 10.5 Å². The molecule has 4 rings (SSSR count). The van der Waals surface area contributed by atoms with E-state index in [2.05, 4.69) is 13.0 Å². The summed E-state index contributed by atoms with van der Waals surface area (Å²) in [6, 6.07) is 4.00. The Labute approximate surface area is 143 Å². The number of carbonyl (C=O) groups is 1. The van der Waals surface area contributed by atoms with Gasteiger partial charge in [-0.2, -0.15) is 0 Å². The molecule has 2 fully saturated rings. The summed E-state index contributed by atoms with van der Waals surface area (Å²) in [5.74, 6) is 1.94. The number of hydrogen-bond donors (Lipinski definition) is 2. The standard InChI is InChI=1S/C20H27NO3/c1-20-8-7-12-13(16(20)5-6-18(20)22)4-3-11-9-15(19(21)23)17(24-2)10-14(11)12/h9-10,12-13,16,18,22H,3-8H2,1-2H3,(H2,21,23)/t12-,13+,16-,18-,20-/m0/s1. The van der Waals surface area contributed by atoms with Crippen LogP contribution in [0.4, 0.5) is 0 Å². The molecule has 130 valence electrons. The summed E-state index contributed by atoms with van der Waals surface area (Å²) in [5.41, 5.74) is 8.70. The second-order valence-electron chi connectivity index (χ2n) is 8.17. The van der Waals surface area contributed by atoms with E-state index in [0.717, 1.165) is 38.5 Å². The van der Waals surface area contributed by atoms with Crippen molar-refractivity contribution in [1.82, 2.24) is 0 Å². The number of fused-ring (bicyclic) bond motifs is 5. The smallest absolute Gasteiger partial charge is 0.252 e. The average molecular weight is 329 g/mol. The Kier molecular flexibility index (Phi) is 3.64. The van der Waals surface area contributed by atoms with Gasteiger partial charge in [-0.15, -0.1) is 0 Å². The van der Waals surface area contributed by atoms with Crippen molar-refractivity contribution in [3.05, 3.63) is 28.8 Å². The van der Waals surface area contributed by atoms with Crippen LogP contribution in [0.2, 0.25) is 0 Å². The third-order valence-corrected chi connectivity index (χ3v) is 7.26. The van der Waals surface area contributed by atoms with Crippen LogP contribution in [-0.4, -0.2) is 24.2 Å². The number of carbonyl (C=O) groups excluding carboxylic acids is 1. The minimum absolute atomic E-state index is 0.0932. The van der Waals surface area contributed by atoms with Gasteiger partial charge >= 0.3 is 0 Å². The fourth-order valence-corrected chi connectivity index (χ4v) is 5.93. The van der Waals surface area contributed by atoms with Crippen LogP contribution in [0.1, 0.15) is 66.4 Å². The van der Waals surface area contributed by atoms with Crippen LogP contribution in [0.15, 0.2) is 12.1 Å². The molecule has 0 unspecified atom stereocenters. The Morgan fingerprint density at radius 2 is 2.08 bits per heavy atom. The Morgan fingerprint density at radius 1 is 1.29 bits per heavy atom. The van der Waals surface area contributed by atoms with Gasteiger partial charge in [-0.25, -0.2) is 0 Å². The Balaban J connectivity index is 1.74. The van der Waals surface area contributed by atoms with Gasteiger partial charge in [0.2, 0.25) is 0 Å². The van der Waals surface area contributed by atoms with Crippen LogP contribution >= 0.6 is 0 Å². The molecule has 1 aromatic carbocycles. The van der Waals surface area contributed by atoms with Crippen LogP contribution < -0.4 is 10.5 Å². The lowest BCUT2D eigenvalue weighted by molar-refractivity contribution is -0.0226. The fraction of sp³-hybridized carbons (Fsp3) is 0.650. The molecular weight excluding hydrogens is 302 g/mol. The molecule has 3 aliphatic carbocycles. The maximum absolute atomic E-state index is 11.7. The van der Waals surface area contributed by atoms with Gasteiger partial charge < -0.3 is 15.6 Å². The summed E-state index contributed by atoms with van der Waals surface area (Å²) in [4.78, 5) is 11.7. The van der Waals surface area contributed by atoms with Crippen LogP contribution in [0.3, 0.4) is 0 Å². The predicted octanol–water partition coefficient (Wildman–Crippen LogP) is 3.01. The van der Waals surface area contributed by atoms with E-state index in [1.165, 1.54) is 11.1 Å². The molecule has 1 aromatic rings. The van der Waals surface area contributed by atoms with Crippen molar-refractivity contribution in [3.8, 4) is 5.75 Å². The van der Waals surface area contributed by atoms with Crippen molar-refractivity contribution >= 4 is 5.91 Å². The first kappa shape index (κ1) is 15.9. The van der Waals surface area contributed by atoms with E-state index in [1.54, 1.807) is 7.11 Å². The van der Waals surface area contributed by atoms with Gasteiger partial charge in [-0.05, 0) is 85.0 Å². The highest BCUT2D eigenvalue weighted by Crippen LogP contribution is 2.61. The lowest BCUT2D eigenvalue weighted by Crippen LogP contribution is -2.44. The van der Waals surface area contributed by atoms with Crippen LogP contribution in [0.25, 0.3) is 0 Å². The van der Waals surface area contributed by atoms with Crippen molar-refractivity contribution < 1.29 is 14.6 Å². The molecule has 0 aromatic heterocycles. The number of nitrogens with two attached hydrogens (primary N) is 1. The topological polar surface area (TPSA) is 72.5 Å². The van der Waals surface area contributed by atoms with E-state index in [1.807, 2.05) is 6.07 Å². The molecule has 0 spiro atoms. The van der Waals surface area contributed by atoms with Gasteiger partial charge in [-0.1, -0.05) is 6.92 Å². The minimum atomic E-state index is -0.424. The highest BCUT2D eigenvalue weighted by atomic mass is 16.5. The van der Waals surface area contributed by atoms with Gasteiger partial charge in [-0.3, -0.25) is 4.79 Å². The van der Waals surface area contributed by atoms with E-state index >= 15 is 0 Å². The molecule has 1 amide bonds. The molecule has 5 atom stereocenters. The molecule has 24 heavy (non-hydrogen) atoms. The van der Waals surface area contributed by atoms with Crippen molar-refractivity contribution in [1.29, 1.82) is 0 Å². The number of rotatable bonds is 2. The highest BCUT2D eigenvalue weighted by Gasteiger charge is 2.54. The number of ether oxygens (including phenoxy) is 1. The molecule has 4 heteroatoms. The summed E-state index contributed by atoms with van der Waals surface area (Å²) in [5, 5.41) is 10.5. The number of aliphatic hydroxyl groups excluding tert-OH is 1. The minimum Gasteiger partial charge on any atom is -0.496 e. The monoisotopic (exact) mass is 329 g/mol. The molecule has 0 radical (unpaired) electrons. The summed E-state index contributed by atoms with van der Waals surface area (Å²) in [6.07, 6.45) is 6.28. The molecule has 3 aliphatic rings. The summed E-state index contributed by atoms with van der Waals surface area (Å²) in [7, 11) is 1.60. The maximum atomic E-state index is 11.7. The molecule has 0 heterocycles. The second-order valence-corrected chi connectivity index (χ2v) is 8.17. The zero-order valence-electron chi connectivity index (χ0n) is 14.5. The molecule has 0 aliphatic heterocycles. The Morgan fingerprint density at radius 3 is 2.79 bits per heavy atom. The van der Waals surface area contributed by atoms with Crippen LogP contribution in [0.5, 0.6) is 5.75 Å². The number of benzene rings is 1. The Bertz CT molecular complexity index is 686. The van der Waals surface area contributed by atoms with E-state index in [-0.39, 0.29) is 11.5 Å². The first-order valence-corrected chi connectivity index (χ1v) is 9.14. The van der Waals surface area contributed by atoms with E-state index < -0.39 is 5.91 Å². The van der Waals surface area contributed by atoms with Gasteiger partial charge in [0.25, 0.3) is 5.91 Å². The Hall–Kier alpha value is -1.55. The SMILES string of the molecule is COc1cc2c(cc1C(N)=O)CC[C@@H]1[C@@H]2CC[C@]2(C)[C@@H](O)CC[C@@H]12. The number of aliphatic hydroxyl groups is 1. The summed E-state index contributed by atoms with van der Waals surface area (Å²) in [6.45, 7) is 2.29. The van der Waals surface area contributed by atoms with E-state index in [0.29, 0.717) is 29.1 Å². The van der Waals surface area contributed by atoms with Crippen molar-refractivity contribution in [3.63, 3.8) is 0 Å². The lowest BCUT2D eigenvalue weighted by atomic mass is 9.55. The quantitative estimate of drug-likeness (QED) is 0.876. The number of amides is 1. The maximum Gasteiger partial charge on any atom is 0.252 e. The molecule has 2 saturated carbocycles. The van der Waals surface area contributed by atoms with Crippen molar-refractivity contribution in [2.24, 2.45) is 23.0 Å². The fourth-order valence-electron chi connectivity index (χ4n) is 5.93. The zero-order chi connectivity index (χ0) is 17.1. The molecule has 4 nitrogen and oxygen atoms in total. The van der Waals surface area contributed by atoms with Crippen molar-refractivity contribution in [2.75, 3.05) is 7.11 Å². The molecule has 3 N–H and O–H groups in total. The first-order valence-electron chi connectivity index (χ1n) is 9.14. The summed E-state index contributed by atoms with van der Waals surface area (Å²) >= 11 is 0. The summed E-state index contributed by atoms with van der Waals surface area (Å²) < 4.78 is 5.44. The van der Waals surface area contributed by atoms with Crippen LogP contribution in [0, 0.1) is 17.3 Å². The zero-order valence-corrected chi connectivity index (χ0v) is 14.5.